The van der Waals surface area contributed by atoms with Gasteiger partial charge in [-0.05, 0) is 12.3 Å². The first kappa shape index (κ1) is 15.5. The first-order valence-electron chi connectivity index (χ1n) is 7.65. The topological polar surface area (TPSA) is 42.3 Å². The van der Waals surface area contributed by atoms with E-state index in [4.69, 9.17) is 4.74 Å². The molecule has 1 N–H and O–H groups in total. The first-order valence-corrected chi connectivity index (χ1v) is 7.65. The first-order chi connectivity index (χ1) is 9.65. The van der Waals surface area contributed by atoms with Crippen LogP contribution < -0.4 is 5.32 Å². The Hall–Kier alpha value is -0.910. The lowest BCUT2D eigenvalue weighted by atomic mass is 10.0. The van der Waals surface area contributed by atoms with Gasteiger partial charge in [-0.3, -0.25) is 9.58 Å². The fraction of sp³-hybridized carbons (Fsp3) is 0.800. The van der Waals surface area contributed by atoms with Gasteiger partial charge in [-0.2, -0.15) is 5.10 Å². The summed E-state index contributed by atoms with van der Waals surface area (Å²) >= 11 is 0. The van der Waals surface area contributed by atoms with Crippen molar-refractivity contribution < 1.29 is 4.74 Å². The molecule has 1 aliphatic heterocycles. The van der Waals surface area contributed by atoms with E-state index in [9.17, 15) is 0 Å². The van der Waals surface area contributed by atoms with E-state index >= 15 is 0 Å². The smallest absolute Gasteiger partial charge is 0.0594 e. The lowest BCUT2D eigenvalue weighted by molar-refractivity contribution is 0.0123. The van der Waals surface area contributed by atoms with Gasteiger partial charge in [0.25, 0.3) is 0 Å². The highest BCUT2D eigenvalue weighted by molar-refractivity contribution is 5.02. The number of nitrogens with zero attached hydrogens (tertiary/aromatic N) is 3. The van der Waals surface area contributed by atoms with Crippen LogP contribution in [0.25, 0.3) is 0 Å². The fourth-order valence-corrected chi connectivity index (χ4v) is 2.79. The highest BCUT2D eigenvalue weighted by Gasteiger charge is 2.21. The maximum atomic E-state index is 5.46. The minimum atomic E-state index is 0.607. The SMILES string of the molecule is CC(C)CC(CNCc1cnn(C)c1)N1CCOCC1. The van der Waals surface area contributed by atoms with E-state index in [0.717, 1.165) is 45.3 Å². The van der Waals surface area contributed by atoms with Gasteiger partial charge >= 0.3 is 0 Å². The third-order valence-electron chi connectivity index (χ3n) is 3.77. The Balaban J connectivity index is 1.80. The van der Waals surface area contributed by atoms with Crippen LogP contribution in [-0.4, -0.2) is 53.6 Å². The Bertz CT molecular complexity index is 385. The molecular formula is C15H28N4O. The van der Waals surface area contributed by atoms with Crippen molar-refractivity contribution in [3.05, 3.63) is 18.0 Å². The molecule has 5 heteroatoms. The number of aromatic nitrogens is 2. The van der Waals surface area contributed by atoms with E-state index in [2.05, 4.69) is 35.4 Å². The van der Waals surface area contributed by atoms with Crippen molar-refractivity contribution in [2.75, 3.05) is 32.8 Å². The molecule has 0 saturated carbocycles. The molecule has 0 amide bonds. The predicted octanol–water partition coefficient (Wildman–Crippen LogP) is 1.26. The molecular weight excluding hydrogens is 252 g/mol. The predicted molar refractivity (Wildman–Crippen MR) is 80.5 cm³/mol. The zero-order chi connectivity index (χ0) is 14.4. The maximum Gasteiger partial charge on any atom is 0.0594 e. The van der Waals surface area contributed by atoms with E-state index in [1.165, 1.54) is 12.0 Å². The Morgan fingerprint density at radius 1 is 1.35 bits per heavy atom. The summed E-state index contributed by atoms with van der Waals surface area (Å²) in [5, 5.41) is 7.78. The number of aryl methyl sites for hydroxylation is 1. The number of hydrogen-bond donors (Lipinski definition) is 1. The standard InChI is InChI=1S/C15H28N4O/c1-13(2)8-15(19-4-6-20-7-5-19)11-16-9-14-10-17-18(3)12-14/h10,12-13,15-16H,4-9,11H2,1-3H3. The minimum Gasteiger partial charge on any atom is -0.379 e. The van der Waals surface area contributed by atoms with Crippen molar-refractivity contribution in [3.63, 3.8) is 0 Å². The van der Waals surface area contributed by atoms with E-state index < -0.39 is 0 Å². The van der Waals surface area contributed by atoms with Crippen LogP contribution in [0.15, 0.2) is 12.4 Å². The zero-order valence-corrected chi connectivity index (χ0v) is 13.0. The maximum absolute atomic E-state index is 5.46. The average Bonchev–Trinajstić information content (AvgIpc) is 2.84. The van der Waals surface area contributed by atoms with Crippen LogP contribution in [0.5, 0.6) is 0 Å². The molecule has 1 fully saturated rings. The molecule has 1 saturated heterocycles. The van der Waals surface area contributed by atoms with Crippen LogP contribution in [0.3, 0.4) is 0 Å². The van der Waals surface area contributed by atoms with E-state index in [1.54, 1.807) is 0 Å². The second kappa shape index (κ2) is 7.76. The summed E-state index contributed by atoms with van der Waals surface area (Å²) in [4.78, 5) is 2.57. The normalized spacial score (nSPS) is 18.6. The molecule has 2 heterocycles. The van der Waals surface area contributed by atoms with Crippen LogP contribution in [-0.2, 0) is 18.3 Å². The Morgan fingerprint density at radius 3 is 2.70 bits per heavy atom. The van der Waals surface area contributed by atoms with E-state index in [1.807, 2.05) is 17.9 Å². The van der Waals surface area contributed by atoms with E-state index in [0.29, 0.717) is 6.04 Å². The molecule has 0 aliphatic carbocycles. The molecule has 0 radical (unpaired) electrons. The van der Waals surface area contributed by atoms with Gasteiger partial charge in [-0.15, -0.1) is 0 Å². The van der Waals surface area contributed by atoms with Gasteiger partial charge < -0.3 is 10.1 Å². The Morgan fingerprint density at radius 2 is 2.10 bits per heavy atom. The quantitative estimate of drug-likeness (QED) is 0.816. The minimum absolute atomic E-state index is 0.607. The van der Waals surface area contributed by atoms with Gasteiger partial charge in [0.15, 0.2) is 0 Å². The van der Waals surface area contributed by atoms with Crippen molar-refractivity contribution in [3.8, 4) is 0 Å². The monoisotopic (exact) mass is 280 g/mol. The van der Waals surface area contributed by atoms with Crippen molar-refractivity contribution in [2.45, 2.75) is 32.9 Å². The molecule has 114 valence electrons. The molecule has 0 bridgehead atoms. The number of rotatable bonds is 7. The van der Waals surface area contributed by atoms with Crippen LogP contribution in [0, 0.1) is 5.92 Å². The van der Waals surface area contributed by atoms with Crippen LogP contribution in [0.1, 0.15) is 25.8 Å². The molecule has 1 unspecified atom stereocenters. The molecule has 0 aromatic carbocycles. The largest absolute Gasteiger partial charge is 0.379 e. The number of nitrogens with one attached hydrogen (secondary N) is 1. The summed E-state index contributed by atoms with van der Waals surface area (Å²) in [5.41, 5.74) is 1.25. The van der Waals surface area contributed by atoms with Gasteiger partial charge in [0.1, 0.15) is 0 Å². The fourth-order valence-electron chi connectivity index (χ4n) is 2.79. The number of hydrogen-bond acceptors (Lipinski definition) is 4. The highest BCUT2D eigenvalue weighted by Crippen LogP contribution is 2.13. The van der Waals surface area contributed by atoms with Crippen molar-refractivity contribution in [1.29, 1.82) is 0 Å². The second-order valence-electron chi connectivity index (χ2n) is 6.08. The summed E-state index contributed by atoms with van der Waals surface area (Å²) in [6.45, 7) is 10.4. The molecule has 0 spiro atoms. The Kier molecular flexibility index (Phi) is 6.01. The van der Waals surface area contributed by atoms with E-state index in [-0.39, 0.29) is 0 Å². The summed E-state index contributed by atoms with van der Waals surface area (Å²) in [7, 11) is 1.96. The van der Waals surface area contributed by atoms with Crippen LogP contribution in [0.4, 0.5) is 0 Å². The molecule has 1 aliphatic rings. The molecule has 5 nitrogen and oxygen atoms in total. The molecule has 1 aromatic rings. The van der Waals surface area contributed by atoms with Gasteiger partial charge in [0, 0.05) is 51.0 Å². The lowest BCUT2D eigenvalue weighted by Gasteiger charge is -2.35. The summed E-state index contributed by atoms with van der Waals surface area (Å²) in [6.07, 6.45) is 5.23. The van der Waals surface area contributed by atoms with Crippen molar-refractivity contribution in [2.24, 2.45) is 13.0 Å². The lowest BCUT2D eigenvalue weighted by Crippen LogP contribution is -2.48. The summed E-state index contributed by atoms with van der Waals surface area (Å²) in [5.74, 6) is 0.725. The third-order valence-corrected chi connectivity index (χ3v) is 3.77. The molecule has 20 heavy (non-hydrogen) atoms. The highest BCUT2D eigenvalue weighted by atomic mass is 16.5. The van der Waals surface area contributed by atoms with Gasteiger partial charge in [-0.25, -0.2) is 0 Å². The zero-order valence-electron chi connectivity index (χ0n) is 13.0. The van der Waals surface area contributed by atoms with Crippen LogP contribution in [0.2, 0.25) is 0 Å². The number of morpholine rings is 1. The van der Waals surface area contributed by atoms with Gasteiger partial charge in [0.05, 0.1) is 19.4 Å². The molecule has 1 aromatic heterocycles. The van der Waals surface area contributed by atoms with Gasteiger partial charge in [-0.1, -0.05) is 13.8 Å². The summed E-state index contributed by atoms with van der Waals surface area (Å²) in [6, 6.07) is 0.607. The van der Waals surface area contributed by atoms with Crippen molar-refractivity contribution >= 4 is 0 Å². The summed E-state index contributed by atoms with van der Waals surface area (Å²) < 4.78 is 7.31. The Labute approximate surface area is 122 Å². The van der Waals surface area contributed by atoms with Crippen LogP contribution >= 0.6 is 0 Å². The average molecular weight is 280 g/mol. The molecule has 2 rings (SSSR count). The van der Waals surface area contributed by atoms with Crippen molar-refractivity contribution in [1.82, 2.24) is 20.0 Å². The molecule has 1 atom stereocenters. The third kappa shape index (κ3) is 4.89. The number of ether oxygens (including phenoxy) is 1. The van der Waals surface area contributed by atoms with Gasteiger partial charge in [0.2, 0.25) is 0 Å². The second-order valence-corrected chi connectivity index (χ2v) is 6.08.